The fourth-order valence-corrected chi connectivity index (χ4v) is 1.75. The molecule has 2 atom stereocenters. The van der Waals surface area contributed by atoms with Crippen molar-refractivity contribution in [2.45, 2.75) is 25.4 Å². The minimum Gasteiger partial charge on any atom is -0.381 e. The molecule has 58 valence electrons. The molecule has 0 spiro atoms. The summed E-state index contributed by atoms with van der Waals surface area (Å²) in [6, 6.07) is 0. The number of rotatable bonds is 0. The van der Waals surface area contributed by atoms with Crippen LogP contribution < -0.4 is 0 Å². The van der Waals surface area contributed by atoms with Crippen molar-refractivity contribution < 1.29 is 9.47 Å². The van der Waals surface area contributed by atoms with Gasteiger partial charge >= 0.3 is 0 Å². The summed E-state index contributed by atoms with van der Waals surface area (Å²) in [4.78, 5) is 0. The number of hydrogen-bond acceptors (Lipinski definition) is 2. The van der Waals surface area contributed by atoms with Crippen LogP contribution in [0.1, 0.15) is 19.3 Å². The van der Waals surface area contributed by atoms with Crippen LogP contribution in [-0.4, -0.2) is 25.9 Å². The standard InChI is InChI=1S/C8H14O2/c1-3-9-4-2-8-5-7(1)6-10-8/h7-8H,1-6H2. The molecule has 2 aliphatic rings. The molecular weight excluding hydrogens is 128 g/mol. The molecule has 2 heterocycles. The predicted molar refractivity (Wildman–Crippen MR) is 37.9 cm³/mol. The molecule has 0 N–H and O–H groups in total. The smallest absolute Gasteiger partial charge is 0.0600 e. The summed E-state index contributed by atoms with van der Waals surface area (Å²) in [7, 11) is 0. The first-order chi connectivity index (χ1) is 4.95. The zero-order valence-electron chi connectivity index (χ0n) is 6.21. The molecule has 2 aliphatic heterocycles. The average molecular weight is 142 g/mol. The molecule has 0 radical (unpaired) electrons. The van der Waals surface area contributed by atoms with E-state index in [1.165, 1.54) is 12.8 Å². The maximum absolute atomic E-state index is 5.56. The Morgan fingerprint density at radius 2 is 2.00 bits per heavy atom. The van der Waals surface area contributed by atoms with Crippen LogP contribution >= 0.6 is 0 Å². The summed E-state index contributed by atoms with van der Waals surface area (Å²) < 4.78 is 10.9. The zero-order chi connectivity index (χ0) is 6.81. The second-order valence-electron chi connectivity index (χ2n) is 3.25. The van der Waals surface area contributed by atoms with E-state index in [1.54, 1.807) is 0 Å². The Balaban J connectivity index is 1.91. The van der Waals surface area contributed by atoms with Gasteiger partial charge in [0.15, 0.2) is 0 Å². The summed E-state index contributed by atoms with van der Waals surface area (Å²) in [5.74, 6) is 0.797. The van der Waals surface area contributed by atoms with Gasteiger partial charge < -0.3 is 9.47 Å². The average Bonchev–Trinajstić information content (AvgIpc) is 2.30. The third-order valence-electron chi connectivity index (χ3n) is 2.42. The predicted octanol–water partition coefficient (Wildman–Crippen LogP) is 1.20. The van der Waals surface area contributed by atoms with Crippen molar-refractivity contribution in [2.75, 3.05) is 19.8 Å². The van der Waals surface area contributed by atoms with Gasteiger partial charge in [0.25, 0.3) is 0 Å². The minimum atomic E-state index is 0.519. The van der Waals surface area contributed by atoms with Crippen LogP contribution in [-0.2, 0) is 9.47 Å². The molecule has 2 nitrogen and oxygen atoms in total. The maximum Gasteiger partial charge on any atom is 0.0600 e. The van der Waals surface area contributed by atoms with Crippen molar-refractivity contribution in [1.29, 1.82) is 0 Å². The van der Waals surface area contributed by atoms with Crippen molar-refractivity contribution in [3.05, 3.63) is 0 Å². The molecule has 0 aromatic heterocycles. The van der Waals surface area contributed by atoms with Crippen molar-refractivity contribution in [3.8, 4) is 0 Å². The van der Waals surface area contributed by atoms with E-state index >= 15 is 0 Å². The van der Waals surface area contributed by atoms with Gasteiger partial charge in [0, 0.05) is 19.8 Å². The van der Waals surface area contributed by atoms with Gasteiger partial charge in [0.2, 0.25) is 0 Å². The second kappa shape index (κ2) is 2.89. The molecule has 2 rings (SSSR count). The van der Waals surface area contributed by atoms with Crippen molar-refractivity contribution in [3.63, 3.8) is 0 Å². The lowest BCUT2D eigenvalue weighted by molar-refractivity contribution is 0.0651. The summed E-state index contributed by atoms with van der Waals surface area (Å²) in [5, 5.41) is 0. The third-order valence-corrected chi connectivity index (χ3v) is 2.42. The highest BCUT2D eigenvalue weighted by Crippen LogP contribution is 2.26. The molecule has 0 aromatic rings. The lowest BCUT2D eigenvalue weighted by Crippen LogP contribution is -2.13. The molecule has 0 aliphatic carbocycles. The van der Waals surface area contributed by atoms with Crippen molar-refractivity contribution in [2.24, 2.45) is 5.92 Å². The van der Waals surface area contributed by atoms with Crippen LogP contribution in [0.3, 0.4) is 0 Å². The Bertz CT molecular complexity index is 102. The zero-order valence-corrected chi connectivity index (χ0v) is 6.21. The molecule has 0 saturated carbocycles. The molecule has 2 bridgehead atoms. The van der Waals surface area contributed by atoms with Crippen LogP contribution in [0.4, 0.5) is 0 Å². The summed E-state index contributed by atoms with van der Waals surface area (Å²) >= 11 is 0. The maximum atomic E-state index is 5.56. The summed E-state index contributed by atoms with van der Waals surface area (Å²) in [6.07, 6.45) is 4.11. The number of hydrogen-bond donors (Lipinski definition) is 0. The lowest BCUT2D eigenvalue weighted by atomic mass is 10.0. The summed E-state index contributed by atoms with van der Waals surface area (Å²) in [6.45, 7) is 2.83. The van der Waals surface area contributed by atoms with E-state index in [-0.39, 0.29) is 0 Å². The molecule has 10 heavy (non-hydrogen) atoms. The quantitative estimate of drug-likeness (QED) is 0.506. The van der Waals surface area contributed by atoms with Gasteiger partial charge in [-0.15, -0.1) is 0 Å². The Morgan fingerprint density at radius 1 is 1.10 bits per heavy atom. The molecule has 2 heteroatoms. The highest BCUT2D eigenvalue weighted by molar-refractivity contribution is 4.74. The fraction of sp³-hybridized carbons (Fsp3) is 1.00. The number of fused-ring (bicyclic) bond motifs is 2. The summed E-state index contributed by atoms with van der Waals surface area (Å²) in [5.41, 5.74) is 0. The molecular formula is C8H14O2. The first-order valence-electron chi connectivity index (χ1n) is 4.14. The van der Waals surface area contributed by atoms with E-state index < -0.39 is 0 Å². The van der Waals surface area contributed by atoms with Crippen LogP contribution in [0.25, 0.3) is 0 Å². The van der Waals surface area contributed by atoms with Crippen LogP contribution in [0.2, 0.25) is 0 Å². The van der Waals surface area contributed by atoms with Gasteiger partial charge in [0.05, 0.1) is 6.10 Å². The largest absolute Gasteiger partial charge is 0.381 e. The van der Waals surface area contributed by atoms with Gasteiger partial charge in [-0.05, 0) is 25.2 Å². The first-order valence-corrected chi connectivity index (χ1v) is 4.14. The topological polar surface area (TPSA) is 18.5 Å². The van der Waals surface area contributed by atoms with Gasteiger partial charge in [0.1, 0.15) is 0 Å². The van der Waals surface area contributed by atoms with Crippen LogP contribution in [0.5, 0.6) is 0 Å². The van der Waals surface area contributed by atoms with Crippen molar-refractivity contribution >= 4 is 0 Å². The fourth-order valence-electron chi connectivity index (χ4n) is 1.75. The Hall–Kier alpha value is -0.0800. The van der Waals surface area contributed by atoms with E-state index in [2.05, 4.69) is 0 Å². The van der Waals surface area contributed by atoms with Crippen molar-refractivity contribution in [1.82, 2.24) is 0 Å². The van der Waals surface area contributed by atoms with E-state index in [9.17, 15) is 0 Å². The normalized spacial score (nSPS) is 40.8. The second-order valence-corrected chi connectivity index (χ2v) is 3.25. The van der Waals surface area contributed by atoms with E-state index in [1.807, 2.05) is 0 Å². The molecule has 2 unspecified atom stereocenters. The van der Waals surface area contributed by atoms with E-state index in [4.69, 9.17) is 9.47 Å². The Labute approximate surface area is 61.5 Å². The van der Waals surface area contributed by atoms with Gasteiger partial charge in [-0.25, -0.2) is 0 Å². The highest BCUT2D eigenvalue weighted by atomic mass is 16.5. The Kier molecular flexibility index (Phi) is 1.91. The van der Waals surface area contributed by atoms with Crippen LogP contribution in [0, 0.1) is 5.92 Å². The first kappa shape index (κ1) is 6.62. The van der Waals surface area contributed by atoms with Gasteiger partial charge in [-0.2, -0.15) is 0 Å². The van der Waals surface area contributed by atoms with Crippen LogP contribution in [0.15, 0.2) is 0 Å². The van der Waals surface area contributed by atoms with E-state index in [0.717, 1.165) is 32.2 Å². The molecule has 2 saturated heterocycles. The highest BCUT2D eigenvalue weighted by Gasteiger charge is 2.26. The van der Waals surface area contributed by atoms with Gasteiger partial charge in [-0.1, -0.05) is 0 Å². The van der Waals surface area contributed by atoms with E-state index in [0.29, 0.717) is 6.10 Å². The molecule has 2 fully saturated rings. The Morgan fingerprint density at radius 3 is 3.00 bits per heavy atom. The molecule has 0 aromatic carbocycles. The minimum absolute atomic E-state index is 0.519. The van der Waals surface area contributed by atoms with Gasteiger partial charge in [-0.3, -0.25) is 0 Å². The monoisotopic (exact) mass is 142 g/mol. The molecule has 0 amide bonds. The number of ether oxygens (including phenoxy) is 2. The third kappa shape index (κ3) is 1.32. The SMILES string of the molecule is C1CC2COC(CCO1)C2. The lowest BCUT2D eigenvalue weighted by Gasteiger charge is -2.13.